The van der Waals surface area contributed by atoms with Gasteiger partial charge in [-0.15, -0.1) is 0 Å². The maximum atomic E-state index is 12.8. The van der Waals surface area contributed by atoms with Gasteiger partial charge in [0.25, 0.3) is 5.91 Å². The highest BCUT2D eigenvalue weighted by atomic mass is 16.2. The number of hydrogen-bond donors (Lipinski definition) is 1. The summed E-state index contributed by atoms with van der Waals surface area (Å²) >= 11 is 0. The van der Waals surface area contributed by atoms with Crippen molar-refractivity contribution >= 4 is 11.6 Å². The van der Waals surface area contributed by atoms with E-state index in [9.17, 15) is 4.79 Å². The first-order chi connectivity index (χ1) is 10.2. The number of rotatable bonds is 2. The van der Waals surface area contributed by atoms with Gasteiger partial charge in [0.2, 0.25) is 0 Å². The van der Waals surface area contributed by atoms with Crippen LogP contribution in [0.2, 0.25) is 0 Å². The zero-order valence-electron chi connectivity index (χ0n) is 13.1. The van der Waals surface area contributed by atoms with Gasteiger partial charge in [0.15, 0.2) is 0 Å². The zero-order valence-corrected chi connectivity index (χ0v) is 13.1. The summed E-state index contributed by atoms with van der Waals surface area (Å²) in [6, 6.07) is 6.68. The van der Waals surface area contributed by atoms with Crippen molar-refractivity contribution in [1.82, 2.24) is 9.80 Å². The number of para-hydroxylation sites is 1. The second kappa shape index (κ2) is 6.06. The predicted octanol–water partition coefficient (Wildman–Crippen LogP) is 2.21. The monoisotopic (exact) mass is 287 g/mol. The zero-order chi connectivity index (χ0) is 14.8. The predicted molar refractivity (Wildman–Crippen MR) is 85.9 cm³/mol. The third-order valence-corrected chi connectivity index (χ3v) is 4.64. The highest BCUT2D eigenvalue weighted by molar-refractivity contribution is 6.00. The highest BCUT2D eigenvalue weighted by Gasteiger charge is 2.26. The largest absolute Gasteiger partial charge is 0.384 e. The summed E-state index contributed by atoms with van der Waals surface area (Å²) in [4.78, 5) is 17.3. The SMILES string of the molecule is CC(C)N1CCN(C(=O)c2cccc3c2NCCC3)CC1. The Hall–Kier alpha value is -1.55. The molecule has 0 aliphatic carbocycles. The molecule has 2 heterocycles. The Morgan fingerprint density at radius 2 is 1.95 bits per heavy atom. The summed E-state index contributed by atoms with van der Waals surface area (Å²) in [5, 5.41) is 3.42. The molecule has 1 saturated heterocycles. The van der Waals surface area contributed by atoms with Gasteiger partial charge in [-0.05, 0) is 38.3 Å². The first-order valence-electron chi connectivity index (χ1n) is 8.06. The third-order valence-electron chi connectivity index (χ3n) is 4.64. The van der Waals surface area contributed by atoms with Crippen molar-refractivity contribution < 1.29 is 4.79 Å². The van der Waals surface area contributed by atoms with Gasteiger partial charge in [-0.2, -0.15) is 0 Å². The molecule has 1 amide bonds. The smallest absolute Gasteiger partial charge is 0.256 e. The van der Waals surface area contributed by atoms with E-state index < -0.39 is 0 Å². The fraction of sp³-hybridized carbons (Fsp3) is 0.588. The Balaban J connectivity index is 1.75. The molecule has 1 N–H and O–H groups in total. The molecular weight excluding hydrogens is 262 g/mol. The van der Waals surface area contributed by atoms with E-state index in [2.05, 4.69) is 30.1 Å². The van der Waals surface area contributed by atoms with Gasteiger partial charge in [0.1, 0.15) is 0 Å². The topological polar surface area (TPSA) is 35.6 Å². The van der Waals surface area contributed by atoms with Crippen LogP contribution in [0.5, 0.6) is 0 Å². The van der Waals surface area contributed by atoms with Gasteiger partial charge in [-0.3, -0.25) is 9.69 Å². The van der Waals surface area contributed by atoms with Gasteiger partial charge in [0.05, 0.1) is 11.3 Å². The number of nitrogens with one attached hydrogen (secondary N) is 1. The molecule has 0 atom stereocenters. The molecule has 0 spiro atoms. The lowest BCUT2D eigenvalue weighted by molar-refractivity contribution is 0.0596. The van der Waals surface area contributed by atoms with Crippen LogP contribution in [0.25, 0.3) is 0 Å². The Labute approximate surface area is 127 Å². The molecule has 0 radical (unpaired) electrons. The van der Waals surface area contributed by atoms with Crippen molar-refractivity contribution in [3.63, 3.8) is 0 Å². The Morgan fingerprint density at radius 1 is 1.19 bits per heavy atom. The number of amides is 1. The minimum Gasteiger partial charge on any atom is -0.384 e. The standard InChI is InChI=1S/C17H25N3O/c1-13(2)19-9-11-20(12-10-19)17(21)15-7-3-5-14-6-4-8-18-16(14)15/h3,5,7,13,18H,4,6,8-12H2,1-2H3. The molecule has 1 aromatic carbocycles. The summed E-state index contributed by atoms with van der Waals surface area (Å²) in [5.74, 6) is 0.185. The summed E-state index contributed by atoms with van der Waals surface area (Å²) in [6.45, 7) is 9.03. The van der Waals surface area contributed by atoms with Gasteiger partial charge in [-0.1, -0.05) is 12.1 Å². The van der Waals surface area contributed by atoms with Crippen molar-refractivity contribution in [2.45, 2.75) is 32.7 Å². The van der Waals surface area contributed by atoms with E-state index in [4.69, 9.17) is 0 Å². The van der Waals surface area contributed by atoms with Crippen LogP contribution < -0.4 is 5.32 Å². The van der Waals surface area contributed by atoms with Crippen LogP contribution in [-0.4, -0.2) is 54.5 Å². The summed E-state index contributed by atoms with van der Waals surface area (Å²) in [6.07, 6.45) is 2.22. The van der Waals surface area contributed by atoms with Crippen LogP contribution >= 0.6 is 0 Å². The number of fused-ring (bicyclic) bond motifs is 1. The summed E-state index contributed by atoms with van der Waals surface area (Å²) < 4.78 is 0. The minimum absolute atomic E-state index is 0.185. The molecule has 2 aliphatic rings. The quantitative estimate of drug-likeness (QED) is 0.906. The molecule has 21 heavy (non-hydrogen) atoms. The molecule has 0 saturated carbocycles. The fourth-order valence-corrected chi connectivity index (χ4v) is 3.30. The van der Waals surface area contributed by atoms with Gasteiger partial charge < -0.3 is 10.2 Å². The second-order valence-corrected chi connectivity index (χ2v) is 6.29. The number of aryl methyl sites for hydroxylation is 1. The number of benzene rings is 1. The van der Waals surface area contributed by atoms with E-state index in [1.54, 1.807) is 0 Å². The molecule has 114 valence electrons. The van der Waals surface area contributed by atoms with E-state index in [0.29, 0.717) is 6.04 Å². The van der Waals surface area contributed by atoms with Crippen molar-refractivity contribution in [2.24, 2.45) is 0 Å². The number of hydrogen-bond acceptors (Lipinski definition) is 3. The first-order valence-corrected chi connectivity index (χ1v) is 8.06. The second-order valence-electron chi connectivity index (χ2n) is 6.29. The van der Waals surface area contributed by atoms with Crippen LogP contribution in [-0.2, 0) is 6.42 Å². The molecule has 2 aliphatic heterocycles. The van der Waals surface area contributed by atoms with Crippen molar-refractivity contribution in [1.29, 1.82) is 0 Å². The average Bonchev–Trinajstić information content (AvgIpc) is 2.53. The molecular formula is C17H25N3O. The van der Waals surface area contributed by atoms with Crippen molar-refractivity contribution in [3.05, 3.63) is 29.3 Å². The summed E-state index contributed by atoms with van der Waals surface area (Å²) in [7, 11) is 0. The van der Waals surface area contributed by atoms with Crippen LogP contribution in [0, 0.1) is 0 Å². The van der Waals surface area contributed by atoms with Gasteiger partial charge in [-0.25, -0.2) is 0 Å². The maximum absolute atomic E-state index is 12.8. The normalized spacial score (nSPS) is 19.3. The Bertz CT molecular complexity index is 519. The van der Waals surface area contributed by atoms with Crippen molar-refractivity contribution in [3.8, 4) is 0 Å². The number of anilines is 1. The van der Waals surface area contributed by atoms with E-state index >= 15 is 0 Å². The average molecular weight is 287 g/mol. The van der Waals surface area contributed by atoms with Crippen molar-refractivity contribution in [2.75, 3.05) is 38.0 Å². The number of nitrogens with zero attached hydrogens (tertiary/aromatic N) is 2. The molecule has 4 nitrogen and oxygen atoms in total. The maximum Gasteiger partial charge on any atom is 0.256 e. The number of carbonyl (C=O) groups excluding carboxylic acids is 1. The molecule has 4 heteroatoms. The third kappa shape index (κ3) is 2.91. The molecule has 3 rings (SSSR count). The van der Waals surface area contributed by atoms with Gasteiger partial charge in [0, 0.05) is 38.8 Å². The van der Waals surface area contributed by atoms with Crippen LogP contribution in [0.1, 0.15) is 36.2 Å². The molecule has 1 aromatic rings. The lowest BCUT2D eigenvalue weighted by atomic mass is 9.98. The van der Waals surface area contributed by atoms with Gasteiger partial charge >= 0.3 is 0 Å². The van der Waals surface area contributed by atoms with E-state index in [1.807, 2.05) is 17.0 Å². The molecule has 0 aromatic heterocycles. The highest BCUT2D eigenvalue weighted by Crippen LogP contribution is 2.27. The van der Waals surface area contributed by atoms with E-state index in [1.165, 1.54) is 5.56 Å². The van der Waals surface area contributed by atoms with Crippen LogP contribution in [0.4, 0.5) is 5.69 Å². The number of piperazine rings is 1. The number of carbonyl (C=O) groups is 1. The van der Waals surface area contributed by atoms with Crippen LogP contribution in [0.15, 0.2) is 18.2 Å². The van der Waals surface area contributed by atoms with E-state index in [0.717, 1.165) is 56.8 Å². The van der Waals surface area contributed by atoms with Crippen LogP contribution in [0.3, 0.4) is 0 Å². The molecule has 1 fully saturated rings. The minimum atomic E-state index is 0.185. The van der Waals surface area contributed by atoms with E-state index in [-0.39, 0.29) is 5.91 Å². The lowest BCUT2D eigenvalue weighted by Gasteiger charge is -2.37. The first kappa shape index (κ1) is 14.4. The molecule has 0 bridgehead atoms. The fourth-order valence-electron chi connectivity index (χ4n) is 3.30. The lowest BCUT2D eigenvalue weighted by Crippen LogP contribution is -2.50. The Kier molecular flexibility index (Phi) is 4.15. The summed E-state index contributed by atoms with van der Waals surface area (Å²) in [5.41, 5.74) is 3.21. The molecule has 0 unspecified atom stereocenters. The Morgan fingerprint density at radius 3 is 2.67 bits per heavy atom.